The Morgan fingerprint density at radius 3 is 2.66 bits per heavy atom. The Bertz CT molecular complexity index is 1140. The van der Waals surface area contributed by atoms with E-state index >= 15 is 0 Å². The number of thiophene rings is 1. The summed E-state index contributed by atoms with van der Waals surface area (Å²) >= 11 is 3.09. The molecule has 1 fully saturated rings. The molecule has 0 spiro atoms. The molecule has 5 rings (SSSR count). The van der Waals surface area contributed by atoms with Crippen LogP contribution in [0.1, 0.15) is 5.82 Å². The van der Waals surface area contributed by atoms with Crippen LogP contribution < -0.4 is 0 Å². The highest BCUT2D eigenvalue weighted by molar-refractivity contribution is 7.98. The van der Waals surface area contributed by atoms with Crippen LogP contribution in [0.2, 0.25) is 0 Å². The second kappa shape index (κ2) is 9.90. The van der Waals surface area contributed by atoms with Gasteiger partial charge in [0.15, 0.2) is 16.8 Å². The number of ether oxygens (including phenoxy) is 1. The lowest BCUT2D eigenvalue weighted by Gasteiger charge is -2.27. The van der Waals surface area contributed by atoms with Crippen molar-refractivity contribution in [2.45, 2.75) is 17.5 Å². The number of hydrogen-bond acceptors (Lipinski definition) is 9. The van der Waals surface area contributed by atoms with E-state index in [2.05, 4.69) is 29.8 Å². The fourth-order valence-electron chi connectivity index (χ4n) is 3.42. The average molecular weight is 473 g/mol. The van der Waals surface area contributed by atoms with Crippen LogP contribution in [0.5, 0.6) is 0 Å². The van der Waals surface area contributed by atoms with Crippen molar-refractivity contribution in [2.24, 2.45) is 0 Å². The number of thioether (sulfide) groups is 1. The highest BCUT2D eigenvalue weighted by Gasteiger charge is 2.18. The van der Waals surface area contributed by atoms with Gasteiger partial charge in [-0.3, -0.25) is 4.90 Å². The van der Waals surface area contributed by atoms with Crippen LogP contribution in [0.15, 0.2) is 50.8 Å². The zero-order valence-corrected chi connectivity index (χ0v) is 18.8. The Morgan fingerprint density at radius 2 is 1.88 bits per heavy atom. The van der Waals surface area contributed by atoms with Crippen molar-refractivity contribution in [2.75, 3.05) is 32.8 Å². The zero-order valence-electron chi connectivity index (χ0n) is 17.2. The first-order valence-corrected chi connectivity index (χ1v) is 12.2. The molecule has 11 heteroatoms. The molecule has 0 atom stereocenters. The SMILES string of the molecule is Fc1ccc(-c2nnc(SCc3noc(-c4ccsc4)n3)n2CCN2CCOCC2)cc1. The third-order valence-corrected chi connectivity index (χ3v) is 6.78. The Hall–Kier alpha value is -2.60. The van der Waals surface area contributed by atoms with Gasteiger partial charge in [0.1, 0.15) is 5.82 Å². The maximum atomic E-state index is 13.4. The van der Waals surface area contributed by atoms with Crippen molar-refractivity contribution in [1.82, 2.24) is 29.8 Å². The van der Waals surface area contributed by atoms with Crippen LogP contribution in [-0.4, -0.2) is 62.7 Å². The van der Waals surface area contributed by atoms with Crippen molar-refractivity contribution in [1.29, 1.82) is 0 Å². The van der Waals surface area contributed by atoms with E-state index in [-0.39, 0.29) is 5.82 Å². The summed E-state index contributed by atoms with van der Waals surface area (Å²) in [5, 5.41) is 17.6. The van der Waals surface area contributed by atoms with Gasteiger partial charge < -0.3 is 13.8 Å². The molecule has 8 nitrogen and oxygen atoms in total. The molecule has 0 aliphatic carbocycles. The highest BCUT2D eigenvalue weighted by atomic mass is 32.2. The first-order valence-electron chi connectivity index (χ1n) is 10.2. The van der Waals surface area contributed by atoms with Gasteiger partial charge in [0, 0.05) is 37.1 Å². The predicted molar refractivity (Wildman–Crippen MR) is 120 cm³/mol. The number of rotatable bonds is 8. The van der Waals surface area contributed by atoms with E-state index in [4.69, 9.17) is 9.26 Å². The molecule has 0 radical (unpaired) electrons. The highest BCUT2D eigenvalue weighted by Crippen LogP contribution is 2.27. The van der Waals surface area contributed by atoms with Crippen molar-refractivity contribution in [3.05, 3.63) is 52.7 Å². The van der Waals surface area contributed by atoms with Crippen LogP contribution in [-0.2, 0) is 17.0 Å². The standard InChI is InChI=1S/C21H21FN6O2S2/c22-17-3-1-15(2-4-17)19-24-25-21(28(19)7-6-27-8-10-29-11-9-27)32-14-18-23-20(30-26-18)16-5-12-31-13-16/h1-5,12-13H,6-11,14H2. The molecule has 166 valence electrons. The van der Waals surface area contributed by atoms with E-state index in [0.29, 0.717) is 29.8 Å². The van der Waals surface area contributed by atoms with E-state index < -0.39 is 0 Å². The van der Waals surface area contributed by atoms with Gasteiger partial charge in [-0.1, -0.05) is 16.9 Å². The van der Waals surface area contributed by atoms with Crippen molar-refractivity contribution in [3.63, 3.8) is 0 Å². The lowest BCUT2D eigenvalue weighted by molar-refractivity contribution is 0.0361. The molecule has 3 aromatic heterocycles. The fourth-order valence-corrected chi connectivity index (χ4v) is 4.86. The first kappa shape index (κ1) is 21.3. The second-order valence-electron chi connectivity index (χ2n) is 7.24. The first-order chi connectivity index (χ1) is 15.8. The summed E-state index contributed by atoms with van der Waals surface area (Å²) in [6.07, 6.45) is 0. The van der Waals surface area contributed by atoms with Gasteiger partial charge in [-0.15, -0.1) is 10.2 Å². The summed E-state index contributed by atoms with van der Waals surface area (Å²) in [4.78, 5) is 6.84. The van der Waals surface area contributed by atoms with E-state index in [0.717, 1.165) is 49.1 Å². The van der Waals surface area contributed by atoms with Crippen molar-refractivity contribution < 1.29 is 13.7 Å². The predicted octanol–water partition coefficient (Wildman–Crippen LogP) is 3.82. The normalized spacial score (nSPS) is 14.8. The van der Waals surface area contributed by atoms with E-state index in [1.165, 1.54) is 23.9 Å². The minimum atomic E-state index is -0.277. The molecule has 0 bridgehead atoms. The molecule has 1 aliphatic rings. The number of nitrogens with zero attached hydrogens (tertiary/aromatic N) is 6. The van der Waals surface area contributed by atoms with Crippen LogP contribution in [0.4, 0.5) is 4.39 Å². The third kappa shape index (κ3) is 4.90. The average Bonchev–Trinajstić information content (AvgIpc) is 3.58. The lowest BCUT2D eigenvalue weighted by Crippen LogP contribution is -2.38. The Labute approximate surface area is 192 Å². The summed E-state index contributed by atoms with van der Waals surface area (Å²) in [5.41, 5.74) is 1.75. The quantitative estimate of drug-likeness (QED) is 0.358. The van der Waals surface area contributed by atoms with Gasteiger partial charge in [0.2, 0.25) is 0 Å². The largest absolute Gasteiger partial charge is 0.379 e. The summed E-state index contributed by atoms with van der Waals surface area (Å²) in [5.74, 6) is 2.06. The van der Waals surface area contributed by atoms with Crippen LogP contribution in [0.25, 0.3) is 22.8 Å². The number of morpholine rings is 1. The van der Waals surface area contributed by atoms with Gasteiger partial charge in [-0.05, 0) is 35.7 Å². The van der Waals surface area contributed by atoms with Crippen LogP contribution in [0.3, 0.4) is 0 Å². The maximum Gasteiger partial charge on any atom is 0.258 e. The fraction of sp³-hybridized carbons (Fsp3) is 0.333. The molecule has 4 heterocycles. The number of aromatic nitrogens is 5. The number of halogens is 1. The Balaban J connectivity index is 1.34. The van der Waals surface area contributed by atoms with E-state index in [1.807, 2.05) is 16.8 Å². The Morgan fingerprint density at radius 1 is 1.03 bits per heavy atom. The molecule has 1 aliphatic heterocycles. The molecule has 4 aromatic rings. The molecular formula is C21H21FN6O2S2. The lowest BCUT2D eigenvalue weighted by atomic mass is 10.2. The number of hydrogen-bond donors (Lipinski definition) is 0. The number of benzene rings is 1. The monoisotopic (exact) mass is 472 g/mol. The van der Waals surface area contributed by atoms with Gasteiger partial charge in [0.25, 0.3) is 5.89 Å². The topological polar surface area (TPSA) is 82.1 Å². The summed E-state index contributed by atoms with van der Waals surface area (Å²) in [6.45, 7) is 4.88. The molecule has 1 saturated heterocycles. The van der Waals surface area contributed by atoms with Gasteiger partial charge >= 0.3 is 0 Å². The van der Waals surface area contributed by atoms with Crippen molar-refractivity contribution in [3.8, 4) is 22.8 Å². The van der Waals surface area contributed by atoms with E-state index in [1.54, 1.807) is 23.5 Å². The molecule has 0 saturated carbocycles. The molecule has 0 amide bonds. The van der Waals surface area contributed by atoms with Crippen LogP contribution >= 0.6 is 23.1 Å². The van der Waals surface area contributed by atoms with Gasteiger partial charge in [0.05, 0.1) is 24.5 Å². The van der Waals surface area contributed by atoms with E-state index in [9.17, 15) is 4.39 Å². The maximum absolute atomic E-state index is 13.4. The molecule has 32 heavy (non-hydrogen) atoms. The summed E-state index contributed by atoms with van der Waals surface area (Å²) < 4.78 is 26.3. The Kier molecular flexibility index (Phi) is 6.58. The van der Waals surface area contributed by atoms with Gasteiger partial charge in [-0.2, -0.15) is 16.3 Å². The third-order valence-electron chi connectivity index (χ3n) is 5.13. The summed E-state index contributed by atoms with van der Waals surface area (Å²) in [6, 6.07) is 8.28. The van der Waals surface area contributed by atoms with Crippen molar-refractivity contribution >= 4 is 23.1 Å². The van der Waals surface area contributed by atoms with Crippen LogP contribution in [0, 0.1) is 5.82 Å². The minimum Gasteiger partial charge on any atom is -0.379 e. The smallest absolute Gasteiger partial charge is 0.258 e. The molecule has 0 unspecified atom stereocenters. The summed E-state index contributed by atoms with van der Waals surface area (Å²) in [7, 11) is 0. The van der Waals surface area contributed by atoms with Gasteiger partial charge in [-0.25, -0.2) is 4.39 Å². The second-order valence-corrected chi connectivity index (χ2v) is 8.96. The molecule has 0 N–H and O–H groups in total. The molecule has 1 aromatic carbocycles. The zero-order chi connectivity index (χ0) is 21.8. The minimum absolute atomic E-state index is 0.277. The molecular weight excluding hydrogens is 451 g/mol.